The first-order chi connectivity index (χ1) is 12.0. The Hall–Kier alpha value is -2.09. The van der Waals surface area contributed by atoms with Gasteiger partial charge < -0.3 is 10.4 Å². The third-order valence-electron chi connectivity index (χ3n) is 3.63. The van der Waals surface area contributed by atoms with Gasteiger partial charge in [-0.3, -0.25) is 10.0 Å². The zero-order valence-electron chi connectivity index (χ0n) is 14.5. The Morgan fingerprint density at radius 1 is 1.08 bits per heavy atom. The van der Waals surface area contributed by atoms with Crippen molar-refractivity contribution in [2.24, 2.45) is 0 Å². The summed E-state index contributed by atoms with van der Waals surface area (Å²) in [5.74, 6) is 0. The summed E-state index contributed by atoms with van der Waals surface area (Å²) < 4.78 is 28.1. The Balaban J connectivity index is 2.22. The maximum Gasteiger partial charge on any atom is 0.261 e. The van der Waals surface area contributed by atoms with Crippen LogP contribution in [-0.2, 0) is 16.4 Å². The van der Waals surface area contributed by atoms with Gasteiger partial charge in [0.1, 0.15) is 0 Å². The summed E-state index contributed by atoms with van der Waals surface area (Å²) in [5, 5.41) is 15.3. The maximum absolute atomic E-state index is 12.7. The number of rotatable bonds is 9. The molecule has 0 aromatic heterocycles. The molecule has 2 rings (SSSR count). The van der Waals surface area contributed by atoms with E-state index in [0.29, 0.717) is 17.9 Å². The van der Waals surface area contributed by atoms with E-state index in [1.165, 1.54) is 12.1 Å². The van der Waals surface area contributed by atoms with Crippen molar-refractivity contribution in [3.63, 3.8) is 0 Å². The van der Waals surface area contributed by atoms with Crippen LogP contribution in [-0.4, -0.2) is 26.4 Å². The summed E-state index contributed by atoms with van der Waals surface area (Å²) in [6.07, 6.45) is 0.788. The minimum absolute atomic E-state index is 0.132. The van der Waals surface area contributed by atoms with Crippen molar-refractivity contribution in [3.8, 4) is 0 Å². The van der Waals surface area contributed by atoms with E-state index in [4.69, 9.17) is 0 Å². The fourth-order valence-corrected chi connectivity index (χ4v) is 3.61. The van der Waals surface area contributed by atoms with Gasteiger partial charge in [-0.05, 0) is 42.8 Å². The molecular weight excluding hydrogens is 338 g/mol. The van der Waals surface area contributed by atoms with Crippen LogP contribution in [0.3, 0.4) is 0 Å². The van der Waals surface area contributed by atoms with Crippen LogP contribution in [0, 0.1) is 0 Å². The molecule has 0 radical (unpaired) electrons. The fourth-order valence-electron chi connectivity index (χ4n) is 2.47. The fraction of sp³-hybridized carbons (Fsp3) is 0.333. The maximum atomic E-state index is 12.7. The molecule has 0 aliphatic rings. The first-order valence-electron chi connectivity index (χ1n) is 8.35. The predicted molar refractivity (Wildman–Crippen MR) is 101 cm³/mol. The summed E-state index contributed by atoms with van der Waals surface area (Å²) in [5.41, 5.74) is 2.07. The molecule has 0 saturated carbocycles. The van der Waals surface area contributed by atoms with Crippen LogP contribution in [0.5, 0.6) is 0 Å². The van der Waals surface area contributed by atoms with Gasteiger partial charge in [-0.25, -0.2) is 8.42 Å². The van der Waals surface area contributed by atoms with E-state index in [2.05, 4.69) is 22.3 Å². The monoisotopic (exact) mass is 363 g/mol. The lowest BCUT2D eigenvalue weighted by atomic mass is 10.1. The zero-order chi connectivity index (χ0) is 18.3. The minimum Gasteiger partial charge on any atom is -0.361 e. The number of sulfonamides is 1. The topological polar surface area (TPSA) is 90.5 Å². The Kier molecular flexibility index (Phi) is 6.81. The van der Waals surface area contributed by atoms with Gasteiger partial charge in [-0.1, -0.05) is 44.5 Å². The molecule has 0 heterocycles. The van der Waals surface area contributed by atoms with Gasteiger partial charge in [-0.15, -0.1) is 0 Å². The molecule has 2 aromatic rings. The second-order valence-corrected chi connectivity index (χ2v) is 7.33. The molecule has 1 unspecified atom stereocenters. The minimum atomic E-state index is -3.72. The number of para-hydroxylation sites is 1. The van der Waals surface area contributed by atoms with Gasteiger partial charge >= 0.3 is 0 Å². The van der Waals surface area contributed by atoms with E-state index in [-0.39, 0.29) is 4.90 Å². The second kappa shape index (κ2) is 8.84. The van der Waals surface area contributed by atoms with Crippen LogP contribution < -0.4 is 15.4 Å². The van der Waals surface area contributed by atoms with Crippen molar-refractivity contribution in [2.45, 2.75) is 37.9 Å². The number of aliphatic hydroxyl groups excluding tert-OH is 1. The zero-order valence-corrected chi connectivity index (χ0v) is 15.3. The Morgan fingerprint density at radius 3 is 2.56 bits per heavy atom. The number of hydrogen-bond acceptors (Lipinski definition) is 5. The SMILES string of the molecule is CCCc1ccccc1NS(=O)(=O)c1cccc(NC(O)NCC)c1. The number of aliphatic hydroxyl groups is 1. The largest absolute Gasteiger partial charge is 0.361 e. The van der Waals surface area contributed by atoms with E-state index in [1.807, 2.05) is 25.1 Å². The lowest BCUT2D eigenvalue weighted by Gasteiger charge is -2.16. The smallest absolute Gasteiger partial charge is 0.261 e. The second-order valence-electron chi connectivity index (χ2n) is 5.65. The third-order valence-corrected chi connectivity index (χ3v) is 4.99. The Bertz CT molecular complexity index is 794. The van der Waals surface area contributed by atoms with Crippen LogP contribution in [0.25, 0.3) is 0 Å². The van der Waals surface area contributed by atoms with Crippen molar-refractivity contribution in [2.75, 3.05) is 16.6 Å². The van der Waals surface area contributed by atoms with Gasteiger partial charge in [0.05, 0.1) is 10.6 Å². The van der Waals surface area contributed by atoms with Gasteiger partial charge in [-0.2, -0.15) is 0 Å². The average Bonchev–Trinajstić information content (AvgIpc) is 2.57. The molecule has 0 spiro atoms. The predicted octanol–water partition coefficient (Wildman–Crippen LogP) is 2.74. The Morgan fingerprint density at radius 2 is 1.84 bits per heavy atom. The molecule has 1 atom stereocenters. The number of aryl methyl sites for hydroxylation is 1. The summed E-state index contributed by atoms with van der Waals surface area (Å²) in [6.45, 7) is 4.50. The van der Waals surface area contributed by atoms with Crippen LogP contribution >= 0.6 is 0 Å². The van der Waals surface area contributed by atoms with E-state index < -0.39 is 16.4 Å². The van der Waals surface area contributed by atoms with Gasteiger partial charge in [0.2, 0.25) is 0 Å². The number of benzene rings is 2. The summed E-state index contributed by atoms with van der Waals surface area (Å²) in [7, 11) is -3.72. The van der Waals surface area contributed by atoms with Crippen molar-refractivity contribution in [3.05, 3.63) is 54.1 Å². The van der Waals surface area contributed by atoms with E-state index in [9.17, 15) is 13.5 Å². The summed E-state index contributed by atoms with van der Waals surface area (Å²) >= 11 is 0. The van der Waals surface area contributed by atoms with Gasteiger partial charge in [0.25, 0.3) is 10.0 Å². The molecule has 0 bridgehead atoms. The van der Waals surface area contributed by atoms with Crippen molar-refractivity contribution < 1.29 is 13.5 Å². The molecule has 6 nitrogen and oxygen atoms in total. The molecule has 0 aliphatic heterocycles. The van der Waals surface area contributed by atoms with Crippen LogP contribution in [0.2, 0.25) is 0 Å². The quantitative estimate of drug-likeness (QED) is 0.514. The highest BCUT2D eigenvalue weighted by atomic mass is 32.2. The molecule has 0 amide bonds. The van der Waals surface area contributed by atoms with Crippen molar-refractivity contribution >= 4 is 21.4 Å². The number of anilines is 2. The molecule has 0 saturated heterocycles. The lowest BCUT2D eigenvalue weighted by Crippen LogP contribution is -2.35. The highest BCUT2D eigenvalue weighted by molar-refractivity contribution is 7.92. The van der Waals surface area contributed by atoms with Gasteiger partial charge in [0, 0.05) is 5.69 Å². The molecule has 4 N–H and O–H groups in total. The summed E-state index contributed by atoms with van der Waals surface area (Å²) in [6, 6.07) is 13.7. The van der Waals surface area contributed by atoms with Crippen molar-refractivity contribution in [1.29, 1.82) is 0 Å². The molecule has 0 fully saturated rings. The number of nitrogens with one attached hydrogen (secondary N) is 3. The molecular formula is C18H25N3O3S. The highest BCUT2D eigenvalue weighted by Gasteiger charge is 2.16. The van der Waals surface area contributed by atoms with E-state index >= 15 is 0 Å². The molecule has 7 heteroatoms. The first kappa shape index (κ1) is 19.2. The molecule has 136 valence electrons. The van der Waals surface area contributed by atoms with Crippen LogP contribution in [0.4, 0.5) is 11.4 Å². The van der Waals surface area contributed by atoms with Crippen molar-refractivity contribution in [1.82, 2.24) is 5.32 Å². The summed E-state index contributed by atoms with van der Waals surface area (Å²) in [4.78, 5) is 0.132. The molecule has 2 aromatic carbocycles. The first-order valence-corrected chi connectivity index (χ1v) is 9.83. The average molecular weight is 363 g/mol. The normalized spacial score (nSPS) is 12.6. The highest BCUT2D eigenvalue weighted by Crippen LogP contribution is 2.23. The lowest BCUT2D eigenvalue weighted by molar-refractivity contribution is 0.168. The molecule has 25 heavy (non-hydrogen) atoms. The van der Waals surface area contributed by atoms with Crippen LogP contribution in [0.15, 0.2) is 53.4 Å². The molecule has 0 aliphatic carbocycles. The standard InChI is InChI=1S/C18H25N3O3S/c1-3-8-14-9-5-6-12-17(14)21-25(23,24)16-11-7-10-15(13-16)20-18(22)19-4-2/h5-7,9-13,18-22H,3-4,8H2,1-2H3. The van der Waals surface area contributed by atoms with Crippen LogP contribution in [0.1, 0.15) is 25.8 Å². The van der Waals surface area contributed by atoms with E-state index in [1.54, 1.807) is 18.2 Å². The third kappa shape index (κ3) is 5.45. The Labute approximate surface area is 149 Å². The van der Waals surface area contributed by atoms with Gasteiger partial charge in [0.15, 0.2) is 6.35 Å². The van der Waals surface area contributed by atoms with E-state index in [0.717, 1.165) is 18.4 Å². The number of hydrogen-bond donors (Lipinski definition) is 4.